The number of rotatable bonds is 3. The van der Waals surface area contributed by atoms with E-state index in [2.05, 4.69) is 4.90 Å². The van der Waals surface area contributed by atoms with Crippen LogP contribution in [0, 0.1) is 5.82 Å². The van der Waals surface area contributed by atoms with Gasteiger partial charge in [-0.25, -0.2) is 4.39 Å². The lowest BCUT2D eigenvalue weighted by atomic mass is 10.2. The molecule has 1 saturated heterocycles. The molecular formula is C19H20FN3O2. The van der Waals surface area contributed by atoms with Crippen LogP contribution < -0.4 is 0 Å². The molecule has 3 heterocycles. The van der Waals surface area contributed by atoms with Gasteiger partial charge in [-0.1, -0.05) is 12.1 Å². The third kappa shape index (κ3) is 3.05. The van der Waals surface area contributed by atoms with Gasteiger partial charge in [-0.05, 0) is 17.7 Å². The summed E-state index contributed by atoms with van der Waals surface area (Å²) in [5.41, 5.74) is 3.41. The highest BCUT2D eigenvalue weighted by atomic mass is 19.1. The summed E-state index contributed by atoms with van der Waals surface area (Å²) in [6.45, 7) is 3.77. The molecule has 25 heavy (non-hydrogen) atoms. The van der Waals surface area contributed by atoms with E-state index in [0.29, 0.717) is 18.8 Å². The summed E-state index contributed by atoms with van der Waals surface area (Å²) in [4.78, 5) is 17.0. The van der Waals surface area contributed by atoms with Crippen molar-refractivity contribution < 1.29 is 13.6 Å². The SMILES string of the molecule is Cn1c(C(=O)N2CCN(Cc3ccc(F)cc3)CC2)cc2occc21. The fourth-order valence-electron chi connectivity index (χ4n) is 3.37. The van der Waals surface area contributed by atoms with E-state index in [1.165, 1.54) is 12.1 Å². The number of benzene rings is 1. The van der Waals surface area contributed by atoms with E-state index in [-0.39, 0.29) is 11.7 Å². The number of carbonyl (C=O) groups is 1. The van der Waals surface area contributed by atoms with Crippen molar-refractivity contribution in [1.29, 1.82) is 0 Å². The molecule has 6 heteroatoms. The molecule has 5 nitrogen and oxygen atoms in total. The highest BCUT2D eigenvalue weighted by molar-refractivity contribution is 5.97. The number of aryl methyl sites for hydroxylation is 1. The zero-order valence-corrected chi connectivity index (χ0v) is 14.1. The summed E-state index contributed by atoms with van der Waals surface area (Å²) in [5, 5.41) is 0. The monoisotopic (exact) mass is 341 g/mol. The van der Waals surface area contributed by atoms with Crippen LogP contribution in [-0.4, -0.2) is 46.5 Å². The van der Waals surface area contributed by atoms with Gasteiger partial charge in [-0.3, -0.25) is 9.69 Å². The van der Waals surface area contributed by atoms with Crippen molar-refractivity contribution in [3.05, 3.63) is 59.7 Å². The van der Waals surface area contributed by atoms with Gasteiger partial charge in [0.05, 0.1) is 11.8 Å². The van der Waals surface area contributed by atoms with E-state index in [4.69, 9.17) is 4.42 Å². The molecule has 0 saturated carbocycles. The van der Waals surface area contributed by atoms with E-state index >= 15 is 0 Å². The number of piperazine rings is 1. The highest BCUT2D eigenvalue weighted by Crippen LogP contribution is 2.21. The lowest BCUT2D eigenvalue weighted by Crippen LogP contribution is -2.48. The summed E-state index contributed by atoms with van der Waals surface area (Å²) < 4.78 is 20.2. The van der Waals surface area contributed by atoms with E-state index < -0.39 is 0 Å². The normalized spacial score (nSPS) is 15.8. The second-order valence-corrected chi connectivity index (χ2v) is 6.45. The molecular weight excluding hydrogens is 321 g/mol. The Morgan fingerprint density at radius 2 is 1.84 bits per heavy atom. The molecule has 130 valence electrons. The van der Waals surface area contributed by atoms with E-state index in [1.54, 1.807) is 6.26 Å². The summed E-state index contributed by atoms with van der Waals surface area (Å²) in [5.74, 6) is -0.178. The number of furan rings is 1. The summed E-state index contributed by atoms with van der Waals surface area (Å²) in [6.07, 6.45) is 1.63. The average Bonchev–Trinajstić information content (AvgIpc) is 3.20. The maximum absolute atomic E-state index is 13.0. The van der Waals surface area contributed by atoms with Crippen LogP contribution in [0.3, 0.4) is 0 Å². The molecule has 0 radical (unpaired) electrons. The molecule has 1 fully saturated rings. The molecule has 1 aromatic carbocycles. The third-order valence-electron chi connectivity index (χ3n) is 4.86. The number of nitrogens with zero attached hydrogens (tertiary/aromatic N) is 3. The lowest BCUT2D eigenvalue weighted by molar-refractivity contribution is 0.0619. The van der Waals surface area contributed by atoms with Crippen molar-refractivity contribution in [2.24, 2.45) is 7.05 Å². The zero-order chi connectivity index (χ0) is 17.4. The third-order valence-corrected chi connectivity index (χ3v) is 4.86. The molecule has 0 bridgehead atoms. The number of amides is 1. The Morgan fingerprint density at radius 3 is 2.52 bits per heavy atom. The molecule has 0 N–H and O–H groups in total. The highest BCUT2D eigenvalue weighted by Gasteiger charge is 2.25. The predicted molar refractivity (Wildman–Crippen MR) is 92.8 cm³/mol. The molecule has 4 rings (SSSR count). The van der Waals surface area contributed by atoms with Gasteiger partial charge in [0.25, 0.3) is 5.91 Å². The van der Waals surface area contributed by atoms with Crippen molar-refractivity contribution >= 4 is 17.0 Å². The van der Waals surface area contributed by atoms with Gasteiger partial charge in [0, 0.05) is 51.9 Å². The Balaban J connectivity index is 1.39. The molecule has 0 unspecified atom stereocenters. The largest absolute Gasteiger partial charge is 0.463 e. The Kier molecular flexibility index (Phi) is 4.05. The molecule has 2 aromatic heterocycles. The average molecular weight is 341 g/mol. The standard InChI is InChI=1S/C19H20FN3O2/c1-21-16-6-11-25-18(16)12-17(21)19(24)23-9-7-22(8-10-23)13-14-2-4-15(20)5-3-14/h2-6,11-12H,7-10,13H2,1H3. The van der Waals surface area contributed by atoms with Crippen LogP contribution in [0.5, 0.6) is 0 Å². The summed E-state index contributed by atoms with van der Waals surface area (Å²) in [7, 11) is 1.88. The Hall–Kier alpha value is -2.60. The van der Waals surface area contributed by atoms with Crippen LogP contribution in [0.4, 0.5) is 4.39 Å². The van der Waals surface area contributed by atoms with Gasteiger partial charge in [0.1, 0.15) is 11.5 Å². The van der Waals surface area contributed by atoms with Crippen LogP contribution >= 0.6 is 0 Å². The number of hydrogen-bond acceptors (Lipinski definition) is 3. The molecule has 0 aliphatic carbocycles. The summed E-state index contributed by atoms with van der Waals surface area (Å²) in [6, 6.07) is 10.3. The molecule has 3 aromatic rings. The quantitative estimate of drug-likeness (QED) is 0.736. The van der Waals surface area contributed by atoms with Gasteiger partial charge in [-0.2, -0.15) is 0 Å². The maximum atomic E-state index is 13.0. The van der Waals surface area contributed by atoms with Gasteiger partial charge in [-0.15, -0.1) is 0 Å². The maximum Gasteiger partial charge on any atom is 0.270 e. The predicted octanol–water partition coefficient (Wildman–Crippen LogP) is 2.87. The van der Waals surface area contributed by atoms with Crippen molar-refractivity contribution in [3.8, 4) is 0 Å². The first-order valence-electron chi connectivity index (χ1n) is 8.41. The number of fused-ring (bicyclic) bond motifs is 1. The Labute approximate surface area is 145 Å². The number of hydrogen-bond donors (Lipinski definition) is 0. The van der Waals surface area contributed by atoms with Crippen LogP contribution in [0.25, 0.3) is 11.1 Å². The van der Waals surface area contributed by atoms with Crippen LogP contribution in [0.15, 0.2) is 47.1 Å². The smallest absolute Gasteiger partial charge is 0.270 e. The molecule has 1 aliphatic rings. The second kappa shape index (κ2) is 6.37. The van der Waals surface area contributed by atoms with E-state index in [9.17, 15) is 9.18 Å². The van der Waals surface area contributed by atoms with Crippen LogP contribution in [0.2, 0.25) is 0 Å². The number of aromatic nitrogens is 1. The minimum absolute atomic E-state index is 0.0373. The Morgan fingerprint density at radius 1 is 1.12 bits per heavy atom. The van der Waals surface area contributed by atoms with Gasteiger partial charge < -0.3 is 13.9 Å². The van der Waals surface area contributed by atoms with Crippen molar-refractivity contribution in [2.75, 3.05) is 26.2 Å². The first-order valence-corrected chi connectivity index (χ1v) is 8.41. The van der Waals surface area contributed by atoms with Gasteiger partial charge in [0.15, 0.2) is 5.58 Å². The van der Waals surface area contributed by atoms with Gasteiger partial charge >= 0.3 is 0 Å². The van der Waals surface area contributed by atoms with Crippen molar-refractivity contribution in [1.82, 2.24) is 14.4 Å². The first-order chi connectivity index (χ1) is 12.1. The zero-order valence-electron chi connectivity index (χ0n) is 14.1. The van der Waals surface area contributed by atoms with Gasteiger partial charge in [0.2, 0.25) is 0 Å². The molecule has 0 atom stereocenters. The first kappa shape index (κ1) is 15.9. The lowest BCUT2D eigenvalue weighted by Gasteiger charge is -2.34. The van der Waals surface area contributed by atoms with Crippen molar-refractivity contribution in [3.63, 3.8) is 0 Å². The Bertz CT molecular complexity index is 889. The summed E-state index contributed by atoms with van der Waals surface area (Å²) >= 11 is 0. The fraction of sp³-hybridized carbons (Fsp3) is 0.316. The molecule has 0 spiro atoms. The van der Waals surface area contributed by atoms with Crippen LogP contribution in [0.1, 0.15) is 16.1 Å². The topological polar surface area (TPSA) is 41.6 Å². The molecule has 1 amide bonds. The van der Waals surface area contributed by atoms with E-state index in [0.717, 1.165) is 36.3 Å². The minimum Gasteiger partial charge on any atom is -0.463 e. The molecule has 1 aliphatic heterocycles. The van der Waals surface area contributed by atoms with Crippen molar-refractivity contribution in [2.45, 2.75) is 6.54 Å². The second-order valence-electron chi connectivity index (χ2n) is 6.45. The number of carbonyl (C=O) groups excluding carboxylic acids is 1. The fourth-order valence-corrected chi connectivity index (χ4v) is 3.37. The minimum atomic E-state index is -0.215. The number of halogens is 1. The van der Waals surface area contributed by atoms with Crippen LogP contribution in [-0.2, 0) is 13.6 Å². The van der Waals surface area contributed by atoms with E-state index in [1.807, 2.05) is 40.8 Å².